The van der Waals surface area contributed by atoms with Crippen molar-refractivity contribution in [3.8, 4) is 0 Å². The summed E-state index contributed by atoms with van der Waals surface area (Å²) in [7, 11) is 0. The quantitative estimate of drug-likeness (QED) is 0.852. The predicted molar refractivity (Wildman–Crippen MR) is 68.6 cm³/mol. The number of pyridine rings is 2. The van der Waals surface area contributed by atoms with Gasteiger partial charge in [-0.05, 0) is 36.2 Å². The maximum atomic E-state index is 4.17. The number of hydrogen-bond acceptors (Lipinski definition) is 3. The molecule has 1 unspecified atom stereocenters. The van der Waals surface area contributed by atoms with Crippen LogP contribution in [0.5, 0.6) is 0 Å². The van der Waals surface area contributed by atoms with Crippen LogP contribution in [0.2, 0.25) is 0 Å². The van der Waals surface area contributed by atoms with Crippen LogP contribution in [0, 0.1) is 0 Å². The van der Waals surface area contributed by atoms with Crippen molar-refractivity contribution in [1.82, 2.24) is 15.3 Å². The molecule has 17 heavy (non-hydrogen) atoms. The molecule has 0 spiro atoms. The van der Waals surface area contributed by atoms with Crippen molar-refractivity contribution in [2.24, 2.45) is 0 Å². The van der Waals surface area contributed by atoms with Crippen LogP contribution in [0.4, 0.5) is 0 Å². The minimum Gasteiger partial charge on any atom is -0.310 e. The monoisotopic (exact) mass is 227 g/mol. The molecular formula is C14H17N3. The second kappa shape index (κ2) is 6.11. The van der Waals surface area contributed by atoms with Gasteiger partial charge >= 0.3 is 0 Å². The maximum absolute atomic E-state index is 4.17. The zero-order chi connectivity index (χ0) is 11.9. The summed E-state index contributed by atoms with van der Waals surface area (Å²) in [4.78, 5) is 8.32. The Balaban J connectivity index is 2.13. The van der Waals surface area contributed by atoms with Crippen LogP contribution >= 0.6 is 0 Å². The van der Waals surface area contributed by atoms with Crippen molar-refractivity contribution < 1.29 is 0 Å². The topological polar surface area (TPSA) is 37.8 Å². The fourth-order valence-electron chi connectivity index (χ4n) is 1.89. The van der Waals surface area contributed by atoms with E-state index in [9.17, 15) is 0 Å². The van der Waals surface area contributed by atoms with Crippen molar-refractivity contribution in [1.29, 1.82) is 0 Å². The molecule has 3 nitrogen and oxygen atoms in total. The smallest absolute Gasteiger partial charge is 0.0376 e. The van der Waals surface area contributed by atoms with Gasteiger partial charge in [-0.3, -0.25) is 9.97 Å². The van der Waals surface area contributed by atoms with Crippen molar-refractivity contribution in [3.05, 3.63) is 60.2 Å². The number of nitrogens with one attached hydrogen (secondary N) is 1. The molecule has 0 bridgehead atoms. The van der Waals surface area contributed by atoms with Crippen molar-refractivity contribution in [2.75, 3.05) is 6.54 Å². The van der Waals surface area contributed by atoms with Gasteiger partial charge < -0.3 is 5.32 Å². The van der Waals surface area contributed by atoms with E-state index in [1.54, 1.807) is 12.4 Å². The lowest BCUT2D eigenvalue weighted by Crippen LogP contribution is -2.23. The van der Waals surface area contributed by atoms with Gasteiger partial charge in [-0.25, -0.2) is 0 Å². The molecule has 3 heteroatoms. The van der Waals surface area contributed by atoms with Crippen LogP contribution in [0.1, 0.15) is 24.1 Å². The van der Waals surface area contributed by atoms with Gasteiger partial charge in [-0.15, -0.1) is 0 Å². The van der Waals surface area contributed by atoms with Gasteiger partial charge in [0.1, 0.15) is 0 Å². The Bertz CT molecular complexity index is 428. The van der Waals surface area contributed by atoms with E-state index in [1.165, 1.54) is 11.1 Å². The Hall–Kier alpha value is -1.74. The zero-order valence-corrected chi connectivity index (χ0v) is 10.0. The molecule has 2 aromatic rings. The van der Waals surface area contributed by atoms with E-state index in [0.29, 0.717) is 6.04 Å². The summed E-state index contributed by atoms with van der Waals surface area (Å²) in [6.07, 6.45) is 8.38. The Kier molecular flexibility index (Phi) is 4.22. The molecule has 0 aliphatic rings. The maximum Gasteiger partial charge on any atom is 0.0376 e. The van der Waals surface area contributed by atoms with E-state index in [2.05, 4.69) is 34.3 Å². The van der Waals surface area contributed by atoms with Gasteiger partial charge in [0.2, 0.25) is 0 Å². The molecule has 2 rings (SSSR count). The Morgan fingerprint density at radius 3 is 2.47 bits per heavy atom. The molecule has 0 aromatic carbocycles. The predicted octanol–water partition coefficient (Wildman–Crippen LogP) is 2.37. The van der Waals surface area contributed by atoms with Gasteiger partial charge in [0.05, 0.1) is 0 Å². The van der Waals surface area contributed by atoms with Gasteiger partial charge in [0, 0.05) is 30.8 Å². The molecular weight excluding hydrogens is 210 g/mol. The fraction of sp³-hybridized carbons (Fsp3) is 0.286. The van der Waals surface area contributed by atoms with E-state index in [-0.39, 0.29) is 0 Å². The summed E-state index contributed by atoms with van der Waals surface area (Å²) in [6.45, 7) is 3.06. The summed E-state index contributed by atoms with van der Waals surface area (Å²) < 4.78 is 0. The molecule has 0 amide bonds. The van der Waals surface area contributed by atoms with Crippen molar-refractivity contribution in [3.63, 3.8) is 0 Å². The first-order chi connectivity index (χ1) is 8.40. The summed E-state index contributed by atoms with van der Waals surface area (Å²) in [5.74, 6) is 0. The van der Waals surface area contributed by atoms with Crippen molar-refractivity contribution >= 4 is 0 Å². The van der Waals surface area contributed by atoms with Crippen LogP contribution in [0.3, 0.4) is 0 Å². The highest BCUT2D eigenvalue weighted by molar-refractivity contribution is 5.19. The molecule has 2 aromatic heterocycles. The number of aromatic nitrogens is 2. The third-order valence-corrected chi connectivity index (χ3v) is 2.70. The van der Waals surface area contributed by atoms with E-state index >= 15 is 0 Å². The average Bonchev–Trinajstić information content (AvgIpc) is 2.40. The Labute approximate surface area is 102 Å². The number of likely N-dealkylation sites (N-methyl/N-ethyl adjacent to an activating group) is 1. The number of rotatable bonds is 5. The highest BCUT2D eigenvalue weighted by Gasteiger charge is 2.10. The lowest BCUT2D eigenvalue weighted by molar-refractivity contribution is 0.547. The normalized spacial score (nSPS) is 12.3. The van der Waals surface area contributed by atoms with Crippen LogP contribution < -0.4 is 5.32 Å². The molecule has 1 atom stereocenters. The van der Waals surface area contributed by atoms with E-state index in [4.69, 9.17) is 0 Å². The first kappa shape index (κ1) is 11.7. The fourth-order valence-corrected chi connectivity index (χ4v) is 1.89. The number of nitrogens with zero attached hydrogens (tertiary/aromatic N) is 2. The van der Waals surface area contributed by atoms with Crippen molar-refractivity contribution in [2.45, 2.75) is 19.4 Å². The van der Waals surface area contributed by atoms with Gasteiger partial charge in [0.15, 0.2) is 0 Å². The SMILES string of the molecule is CCNC(Cc1cccnc1)c1cccnc1. The summed E-state index contributed by atoms with van der Waals surface area (Å²) in [6, 6.07) is 8.47. The molecule has 0 fully saturated rings. The van der Waals surface area contributed by atoms with Crippen LogP contribution in [-0.2, 0) is 6.42 Å². The lowest BCUT2D eigenvalue weighted by atomic mass is 10.0. The standard InChI is InChI=1S/C14H17N3/c1-2-17-14(13-6-4-8-16-11-13)9-12-5-3-7-15-10-12/h3-8,10-11,14,17H,2,9H2,1H3. The molecule has 0 aliphatic carbocycles. The second-order valence-electron chi connectivity index (χ2n) is 3.96. The Morgan fingerprint density at radius 2 is 1.88 bits per heavy atom. The highest BCUT2D eigenvalue weighted by atomic mass is 14.9. The zero-order valence-electron chi connectivity index (χ0n) is 10.0. The van der Waals surface area contributed by atoms with Crippen LogP contribution in [0.15, 0.2) is 49.1 Å². The molecule has 0 saturated heterocycles. The molecule has 1 N–H and O–H groups in total. The molecule has 0 radical (unpaired) electrons. The summed E-state index contributed by atoms with van der Waals surface area (Å²) >= 11 is 0. The molecule has 88 valence electrons. The molecule has 0 saturated carbocycles. The average molecular weight is 227 g/mol. The number of hydrogen-bond donors (Lipinski definition) is 1. The van der Waals surface area contributed by atoms with Crippen LogP contribution in [0.25, 0.3) is 0 Å². The largest absolute Gasteiger partial charge is 0.310 e. The summed E-state index contributed by atoms with van der Waals surface area (Å²) in [5.41, 5.74) is 2.46. The Morgan fingerprint density at radius 1 is 1.12 bits per heavy atom. The lowest BCUT2D eigenvalue weighted by Gasteiger charge is -2.17. The molecule has 0 aliphatic heterocycles. The van der Waals surface area contributed by atoms with Crippen LogP contribution in [-0.4, -0.2) is 16.5 Å². The third kappa shape index (κ3) is 3.36. The highest BCUT2D eigenvalue weighted by Crippen LogP contribution is 2.16. The molecule has 2 heterocycles. The van der Waals surface area contributed by atoms with E-state index in [1.807, 2.05) is 24.5 Å². The van der Waals surface area contributed by atoms with E-state index in [0.717, 1.165) is 13.0 Å². The first-order valence-corrected chi connectivity index (χ1v) is 5.92. The third-order valence-electron chi connectivity index (χ3n) is 2.70. The van der Waals surface area contributed by atoms with Gasteiger partial charge in [-0.1, -0.05) is 19.1 Å². The minimum atomic E-state index is 0.304. The van der Waals surface area contributed by atoms with Gasteiger partial charge in [0.25, 0.3) is 0 Å². The van der Waals surface area contributed by atoms with Gasteiger partial charge in [-0.2, -0.15) is 0 Å². The first-order valence-electron chi connectivity index (χ1n) is 5.92. The van der Waals surface area contributed by atoms with E-state index < -0.39 is 0 Å². The second-order valence-corrected chi connectivity index (χ2v) is 3.96. The minimum absolute atomic E-state index is 0.304. The summed E-state index contributed by atoms with van der Waals surface area (Å²) in [5, 5.41) is 3.48.